The molecule has 2 N–H and O–H groups in total. The van der Waals surface area contributed by atoms with Crippen LogP contribution < -0.4 is 10.6 Å². The van der Waals surface area contributed by atoms with Crippen LogP contribution in [0.4, 0.5) is 5.13 Å². The second-order valence-electron chi connectivity index (χ2n) is 6.01. The van der Waals surface area contributed by atoms with Gasteiger partial charge in [0.2, 0.25) is 11.0 Å². The van der Waals surface area contributed by atoms with Crippen molar-refractivity contribution in [2.75, 3.05) is 5.32 Å². The fourth-order valence-corrected chi connectivity index (χ4v) is 3.17. The lowest BCUT2D eigenvalue weighted by Gasteiger charge is -2.13. The minimum atomic E-state index is -0.701. The molecule has 6 nitrogen and oxygen atoms in total. The molecule has 1 aromatic heterocycles. The second kappa shape index (κ2) is 8.55. The van der Waals surface area contributed by atoms with Gasteiger partial charge in [-0.2, -0.15) is 0 Å². The van der Waals surface area contributed by atoms with Gasteiger partial charge in [-0.3, -0.25) is 14.9 Å². The Morgan fingerprint density at radius 1 is 1.04 bits per heavy atom. The van der Waals surface area contributed by atoms with Crippen LogP contribution in [0, 0.1) is 0 Å². The molecule has 0 radical (unpaired) electrons. The number of rotatable bonds is 6. The monoisotopic (exact) mass is 380 g/mol. The number of nitrogens with one attached hydrogen (secondary N) is 2. The summed E-state index contributed by atoms with van der Waals surface area (Å²) < 4.78 is 0. The average Bonchev–Trinajstić information content (AvgIpc) is 3.17. The van der Waals surface area contributed by atoms with E-state index in [0.29, 0.717) is 10.7 Å². The molecule has 1 unspecified atom stereocenters. The van der Waals surface area contributed by atoms with E-state index in [0.717, 1.165) is 22.6 Å². The zero-order valence-corrected chi connectivity index (χ0v) is 15.9. The molecule has 0 fully saturated rings. The number of carbonyl (C=O) groups is 2. The topological polar surface area (TPSA) is 84.0 Å². The van der Waals surface area contributed by atoms with Gasteiger partial charge in [0.25, 0.3) is 5.91 Å². The van der Waals surface area contributed by atoms with Gasteiger partial charge in [0.1, 0.15) is 11.0 Å². The van der Waals surface area contributed by atoms with E-state index in [9.17, 15) is 9.59 Å². The first-order valence-corrected chi connectivity index (χ1v) is 9.48. The van der Waals surface area contributed by atoms with E-state index in [-0.39, 0.29) is 11.8 Å². The maximum absolute atomic E-state index is 12.3. The van der Waals surface area contributed by atoms with Crippen LogP contribution in [0.15, 0.2) is 54.6 Å². The number of benzene rings is 2. The molecule has 2 aromatic carbocycles. The predicted molar refractivity (Wildman–Crippen MR) is 107 cm³/mol. The summed E-state index contributed by atoms with van der Waals surface area (Å²) in [5.74, 6) is -0.633. The van der Waals surface area contributed by atoms with E-state index in [1.165, 1.54) is 11.3 Å². The molecule has 3 rings (SSSR count). The molecule has 0 aliphatic carbocycles. The van der Waals surface area contributed by atoms with Crippen LogP contribution in [0.5, 0.6) is 0 Å². The molecular formula is C20H20N4O2S. The summed E-state index contributed by atoms with van der Waals surface area (Å²) in [6.07, 6.45) is 0.910. The number of anilines is 1. The SMILES string of the molecule is CCc1ccc(C(=O)NC(C)C(=O)Nc2nnc(-c3ccccc3)s2)cc1. The Balaban J connectivity index is 1.59. The largest absolute Gasteiger partial charge is 0.341 e. The van der Waals surface area contributed by atoms with Crippen molar-refractivity contribution in [3.8, 4) is 10.6 Å². The lowest BCUT2D eigenvalue weighted by Crippen LogP contribution is -2.41. The van der Waals surface area contributed by atoms with E-state index in [1.54, 1.807) is 19.1 Å². The van der Waals surface area contributed by atoms with E-state index in [4.69, 9.17) is 0 Å². The first kappa shape index (κ1) is 18.7. The third kappa shape index (κ3) is 4.77. The molecular weight excluding hydrogens is 360 g/mol. The molecule has 0 spiro atoms. The predicted octanol–water partition coefficient (Wildman–Crippen LogP) is 3.52. The minimum absolute atomic E-state index is 0.289. The van der Waals surface area contributed by atoms with Crippen LogP contribution in [0.1, 0.15) is 29.8 Å². The number of aryl methyl sites for hydroxylation is 1. The van der Waals surface area contributed by atoms with Gasteiger partial charge in [-0.25, -0.2) is 0 Å². The van der Waals surface area contributed by atoms with E-state index >= 15 is 0 Å². The highest BCUT2D eigenvalue weighted by molar-refractivity contribution is 7.18. The average molecular weight is 380 g/mol. The molecule has 0 bridgehead atoms. The smallest absolute Gasteiger partial charge is 0.251 e. The summed E-state index contributed by atoms with van der Waals surface area (Å²) in [7, 11) is 0. The molecule has 3 aromatic rings. The Morgan fingerprint density at radius 3 is 2.41 bits per heavy atom. The molecule has 7 heteroatoms. The van der Waals surface area contributed by atoms with E-state index < -0.39 is 6.04 Å². The zero-order chi connectivity index (χ0) is 19.2. The Bertz CT molecular complexity index is 923. The van der Waals surface area contributed by atoms with Crippen LogP contribution in [0.3, 0.4) is 0 Å². The first-order valence-electron chi connectivity index (χ1n) is 8.66. The quantitative estimate of drug-likeness (QED) is 0.685. The molecule has 2 amide bonds. The zero-order valence-electron chi connectivity index (χ0n) is 15.1. The second-order valence-corrected chi connectivity index (χ2v) is 6.99. The Hall–Kier alpha value is -3.06. The molecule has 138 valence electrons. The maximum atomic E-state index is 12.3. The third-order valence-electron chi connectivity index (χ3n) is 4.04. The van der Waals surface area contributed by atoms with Crippen molar-refractivity contribution in [3.63, 3.8) is 0 Å². The van der Waals surface area contributed by atoms with Crippen molar-refractivity contribution in [1.29, 1.82) is 0 Å². The molecule has 0 saturated heterocycles. The van der Waals surface area contributed by atoms with Crippen molar-refractivity contribution in [2.24, 2.45) is 0 Å². The standard InChI is InChI=1S/C20H20N4O2S/c1-3-14-9-11-15(12-10-14)18(26)21-13(2)17(25)22-20-24-23-19(27-20)16-7-5-4-6-8-16/h4-13H,3H2,1-2H3,(H,21,26)(H,22,24,25). The molecule has 1 heterocycles. The van der Waals surface area contributed by atoms with Crippen molar-refractivity contribution in [2.45, 2.75) is 26.3 Å². The van der Waals surface area contributed by atoms with E-state index in [2.05, 4.69) is 27.8 Å². The Morgan fingerprint density at radius 2 is 1.74 bits per heavy atom. The van der Waals surface area contributed by atoms with Crippen molar-refractivity contribution in [1.82, 2.24) is 15.5 Å². The molecule has 0 saturated carbocycles. The third-order valence-corrected chi connectivity index (χ3v) is 4.93. The highest BCUT2D eigenvalue weighted by atomic mass is 32.1. The summed E-state index contributed by atoms with van der Waals surface area (Å²) in [5.41, 5.74) is 2.62. The summed E-state index contributed by atoms with van der Waals surface area (Å²) in [6.45, 7) is 3.69. The van der Waals surface area contributed by atoms with E-state index in [1.807, 2.05) is 42.5 Å². The fourth-order valence-electron chi connectivity index (χ4n) is 2.42. The van der Waals surface area contributed by atoms with Gasteiger partial charge in [-0.15, -0.1) is 10.2 Å². The highest BCUT2D eigenvalue weighted by Crippen LogP contribution is 2.25. The summed E-state index contributed by atoms with van der Waals surface area (Å²) >= 11 is 1.28. The Kier molecular flexibility index (Phi) is 5.93. The lowest BCUT2D eigenvalue weighted by molar-refractivity contribution is -0.117. The summed E-state index contributed by atoms with van der Waals surface area (Å²) in [5, 5.41) is 14.6. The number of hydrogen-bond acceptors (Lipinski definition) is 5. The number of amides is 2. The Labute approximate surface area is 161 Å². The normalized spacial score (nSPS) is 11.6. The van der Waals surface area contributed by atoms with Crippen LogP contribution in [-0.2, 0) is 11.2 Å². The fraction of sp³-hybridized carbons (Fsp3) is 0.200. The molecule has 27 heavy (non-hydrogen) atoms. The first-order chi connectivity index (χ1) is 13.1. The van der Waals surface area contributed by atoms with Crippen LogP contribution in [-0.4, -0.2) is 28.1 Å². The summed E-state index contributed by atoms with van der Waals surface area (Å²) in [4.78, 5) is 24.6. The summed E-state index contributed by atoms with van der Waals surface area (Å²) in [6, 6.07) is 16.3. The molecule has 0 aliphatic rings. The highest BCUT2D eigenvalue weighted by Gasteiger charge is 2.18. The minimum Gasteiger partial charge on any atom is -0.341 e. The maximum Gasteiger partial charge on any atom is 0.251 e. The van der Waals surface area contributed by atoms with Gasteiger partial charge in [-0.1, -0.05) is 60.7 Å². The number of hydrogen-bond donors (Lipinski definition) is 2. The molecule has 1 atom stereocenters. The van der Waals surface area contributed by atoms with Gasteiger partial charge in [0, 0.05) is 11.1 Å². The van der Waals surface area contributed by atoms with Gasteiger partial charge in [-0.05, 0) is 31.0 Å². The number of nitrogens with zero attached hydrogens (tertiary/aromatic N) is 2. The van der Waals surface area contributed by atoms with Gasteiger partial charge in [0.15, 0.2) is 0 Å². The number of aromatic nitrogens is 2. The van der Waals surface area contributed by atoms with Crippen LogP contribution >= 0.6 is 11.3 Å². The van der Waals surface area contributed by atoms with Crippen molar-refractivity contribution in [3.05, 3.63) is 65.7 Å². The lowest BCUT2D eigenvalue weighted by atomic mass is 10.1. The van der Waals surface area contributed by atoms with Gasteiger partial charge in [0.05, 0.1) is 0 Å². The molecule has 0 aliphatic heterocycles. The van der Waals surface area contributed by atoms with Crippen molar-refractivity contribution < 1.29 is 9.59 Å². The van der Waals surface area contributed by atoms with Crippen LogP contribution in [0.2, 0.25) is 0 Å². The van der Waals surface area contributed by atoms with Crippen LogP contribution in [0.25, 0.3) is 10.6 Å². The van der Waals surface area contributed by atoms with Gasteiger partial charge >= 0.3 is 0 Å². The number of carbonyl (C=O) groups excluding carboxylic acids is 2. The van der Waals surface area contributed by atoms with Crippen molar-refractivity contribution >= 4 is 28.3 Å². The van der Waals surface area contributed by atoms with Gasteiger partial charge < -0.3 is 5.32 Å².